The molecule has 0 radical (unpaired) electrons. The van der Waals surface area contributed by atoms with Gasteiger partial charge in [0.1, 0.15) is 11.0 Å². The number of aromatic nitrogens is 2. The van der Waals surface area contributed by atoms with E-state index in [1.165, 1.54) is 11.3 Å². The van der Waals surface area contributed by atoms with Crippen molar-refractivity contribution in [2.75, 3.05) is 5.32 Å². The van der Waals surface area contributed by atoms with Crippen LogP contribution in [-0.2, 0) is 9.59 Å². The lowest BCUT2D eigenvalue weighted by atomic mass is 9.98. The summed E-state index contributed by atoms with van der Waals surface area (Å²) in [6.07, 6.45) is 5.37. The van der Waals surface area contributed by atoms with Gasteiger partial charge < -0.3 is 5.32 Å². The normalized spacial score (nSPS) is 13.0. The van der Waals surface area contributed by atoms with Crippen LogP contribution in [0, 0.1) is 5.92 Å². The highest BCUT2D eigenvalue weighted by Gasteiger charge is 2.26. The van der Waals surface area contributed by atoms with Crippen molar-refractivity contribution in [3.05, 3.63) is 28.7 Å². The predicted octanol–water partition coefficient (Wildman–Crippen LogP) is 5.41. The van der Waals surface area contributed by atoms with E-state index in [9.17, 15) is 9.59 Å². The Hall–Kier alpha value is -1.80. The zero-order valence-electron chi connectivity index (χ0n) is 17.2. The Morgan fingerprint density at radius 1 is 1.17 bits per heavy atom. The Bertz CT molecular complexity index is 811. The number of rotatable bonds is 11. The molecule has 0 saturated carbocycles. The topological polar surface area (TPSA) is 84.0 Å². The molecule has 8 heteroatoms. The van der Waals surface area contributed by atoms with E-state index >= 15 is 0 Å². The van der Waals surface area contributed by atoms with E-state index < -0.39 is 6.04 Å². The molecule has 0 fully saturated rings. The van der Waals surface area contributed by atoms with Gasteiger partial charge in [-0.2, -0.15) is 0 Å². The molecule has 0 saturated heterocycles. The molecular weight excluding hydrogens is 452 g/mol. The lowest BCUT2D eigenvalue weighted by Gasteiger charge is -2.23. The number of carbonyl (C=O) groups excluding carboxylic acids is 2. The molecule has 29 heavy (non-hydrogen) atoms. The van der Waals surface area contributed by atoms with Gasteiger partial charge in [-0.3, -0.25) is 14.9 Å². The number of hydrogen-bond acceptors (Lipinski definition) is 5. The molecule has 2 amide bonds. The Morgan fingerprint density at radius 3 is 2.66 bits per heavy atom. The van der Waals surface area contributed by atoms with Gasteiger partial charge in [0.25, 0.3) is 0 Å². The maximum Gasteiger partial charge on any atom is 0.249 e. The first-order chi connectivity index (χ1) is 13.9. The summed E-state index contributed by atoms with van der Waals surface area (Å²) in [7, 11) is 0. The van der Waals surface area contributed by atoms with Crippen molar-refractivity contribution in [3.63, 3.8) is 0 Å². The van der Waals surface area contributed by atoms with Crippen LogP contribution in [0.1, 0.15) is 59.3 Å². The van der Waals surface area contributed by atoms with Crippen LogP contribution in [0.4, 0.5) is 5.13 Å². The standard InChI is InChI=1S/C21H29BrN4O2S/c1-4-6-7-8-12-17(27)23-18(14(3)5-2)19(28)24-21-26-25-20(29-21)15-10-9-11-16(22)13-15/h9-11,13-14,18H,4-8,12H2,1-3H3,(H,23,27)(H,24,26,28). The number of amides is 2. The summed E-state index contributed by atoms with van der Waals surface area (Å²) in [5, 5.41) is 15.1. The molecule has 0 aliphatic carbocycles. The minimum atomic E-state index is -0.586. The first-order valence-electron chi connectivity index (χ1n) is 10.1. The van der Waals surface area contributed by atoms with E-state index in [0.29, 0.717) is 11.6 Å². The first-order valence-corrected chi connectivity index (χ1v) is 11.7. The Kier molecular flexibility index (Phi) is 9.73. The fraction of sp³-hybridized carbons (Fsp3) is 0.524. The van der Waals surface area contributed by atoms with E-state index in [4.69, 9.17) is 0 Å². The van der Waals surface area contributed by atoms with E-state index in [2.05, 4.69) is 43.7 Å². The lowest BCUT2D eigenvalue weighted by Crippen LogP contribution is -2.47. The number of anilines is 1. The smallest absolute Gasteiger partial charge is 0.249 e. The van der Waals surface area contributed by atoms with Crippen molar-refractivity contribution in [1.29, 1.82) is 0 Å². The number of hydrogen-bond donors (Lipinski definition) is 2. The highest BCUT2D eigenvalue weighted by atomic mass is 79.9. The number of halogens is 1. The van der Waals surface area contributed by atoms with Gasteiger partial charge in [-0.05, 0) is 24.5 Å². The molecule has 6 nitrogen and oxygen atoms in total. The SMILES string of the molecule is CCCCCCC(=O)NC(C(=O)Nc1nnc(-c2cccc(Br)c2)s1)C(C)CC. The van der Waals surface area contributed by atoms with Crippen LogP contribution in [0.2, 0.25) is 0 Å². The second kappa shape index (κ2) is 12.0. The molecule has 0 bridgehead atoms. The molecule has 2 atom stereocenters. The third kappa shape index (κ3) is 7.51. The number of nitrogens with one attached hydrogen (secondary N) is 2. The minimum Gasteiger partial charge on any atom is -0.344 e. The van der Waals surface area contributed by atoms with Crippen LogP contribution < -0.4 is 10.6 Å². The number of carbonyl (C=O) groups is 2. The molecule has 2 unspecified atom stereocenters. The molecular formula is C21H29BrN4O2S. The Balaban J connectivity index is 2.00. The molecule has 2 N–H and O–H groups in total. The number of nitrogens with zero attached hydrogens (tertiary/aromatic N) is 2. The van der Waals surface area contributed by atoms with E-state index in [-0.39, 0.29) is 17.7 Å². The maximum absolute atomic E-state index is 12.8. The molecule has 1 aromatic heterocycles. The monoisotopic (exact) mass is 480 g/mol. The van der Waals surface area contributed by atoms with Gasteiger partial charge in [-0.25, -0.2) is 0 Å². The van der Waals surface area contributed by atoms with Gasteiger partial charge in [-0.15, -0.1) is 10.2 Å². The van der Waals surface area contributed by atoms with Gasteiger partial charge in [0.2, 0.25) is 16.9 Å². The van der Waals surface area contributed by atoms with Crippen LogP contribution in [0.25, 0.3) is 10.6 Å². The molecule has 0 spiro atoms. The van der Waals surface area contributed by atoms with Gasteiger partial charge in [0.15, 0.2) is 0 Å². The van der Waals surface area contributed by atoms with E-state index in [1.807, 2.05) is 38.1 Å². The van der Waals surface area contributed by atoms with Crippen molar-refractivity contribution in [2.24, 2.45) is 5.92 Å². The quantitative estimate of drug-likeness (QED) is 0.421. The van der Waals surface area contributed by atoms with Crippen molar-refractivity contribution >= 4 is 44.2 Å². The molecule has 0 aliphatic rings. The Morgan fingerprint density at radius 2 is 1.97 bits per heavy atom. The van der Waals surface area contributed by atoms with E-state index in [1.54, 1.807) is 0 Å². The van der Waals surface area contributed by atoms with Crippen LogP contribution in [0.3, 0.4) is 0 Å². The molecule has 2 rings (SSSR count). The summed E-state index contributed by atoms with van der Waals surface area (Å²) in [5.41, 5.74) is 0.927. The van der Waals surface area contributed by atoms with Crippen LogP contribution in [0.15, 0.2) is 28.7 Å². The highest BCUT2D eigenvalue weighted by Crippen LogP contribution is 2.28. The Labute approximate surface area is 185 Å². The van der Waals surface area contributed by atoms with Crippen LogP contribution in [0.5, 0.6) is 0 Å². The van der Waals surface area contributed by atoms with Gasteiger partial charge in [0.05, 0.1) is 0 Å². The second-order valence-corrected chi connectivity index (χ2v) is 9.05. The summed E-state index contributed by atoms with van der Waals surface area (Å²) in [4.78, 5) is 25.1. The fourth-order valence-corrected chi connectivity index (χ4v) is 4.00. The third-order valence-electron chi connectivity index (χ3n) is 4.80. The molecule has 158 valence electrons. The summed E-state index contributed by atoms with van der Waals surface area (Å²) < 4.78 is 0.953. The molecule has 0 aliphatic heterocycles. The van der Waals surface area contributed by atoms with Gasteiger partial charge in [-0.1, -0.05) is 85.9 Å². The highest BCUT2D eigenvalue weighted by molar-refractivity contribution is 9.10. The minimum absolute atomic E-state index is 0.0204. The predicted molar refractivity (Wildman–Crippen MR) is 122 cm³/mol. The molecule has 1 heterocycles. The zero-order chi connectivity index (χ0) is 21.2. The van der Waals surface area contributed by atoms with Crippen molar-refractivity contribution in [1.82, 2.24) is 15.5 Å². The van der Waals surface area contributed by atoms with Gasteiger partial charge >= 0.3 is 0 Å². The largest absolute Gasteiger partial charge is 0.344 e. The van der Waals surface area contributed by atoms with Crippen molar-refractivity contribution in [2.45, 2.75) is 65.3 Å². The summed E-state index contributed by atoms with van der Waals surface area (Å²) in [6.45, 7) is 6.11. The van der Waals surface area contributed by atoms with E-state index in [0.717, 1.165) is 47.1 Å². The van der Waals surface area contributed by atoms with Crippen LogP contribution in [-0.4, -0.2) is 28.1 Å². The average Bonchev–Trinajstić information content (AvgIpc) is 3.17. The molecule has 1 aromatic carbocycles. The van der Waals surface area contributed by atoms with Crippen molar-refractivity contribution < 1.29 is 9.59 Å². The van der Waals surface area contributed by atoms with Crippen LogP contribution >= 0.6 is 27.3 Å². The third-order valence-corrected chi connectivity index (χ3v) is 6.18. The second-order valence-electron chi connectivity index (χ2n) is 7.15. The maximum atomic E-state index is 12.8. The molecule has 2 aromatic rings. The van der Waals surface area contributed by atoms with Gasteiger partial charge in [0, 0.05) is 16.5 Å². The summed E-state index contributed by atoms with van der Waals surface area (Å²) in [5.74, 6) is -0.307. The lowest BCUT2D eigenvalue weighted by molar-refractivity contribution is -0.127. The number of unbranched alkanes of at least 4 members (excludes halogenated alkanes) is 3. The number of benzene rings is 1. The average molecular weight is 481 g/mol. The first kappa shape index (κ1) is 23.5. The summed E-state index contributed by atoms with van der Waals surface area (Å²) >= 11 is 4.76. The van der Waals surface area contributed by atoms with Crippen molar-refractivity contribution in [3.8, 4) is 10.6 Å². The zero-order valence-corrected chi connectivity index (χ0v) is 19.6. The fourth-order valence-electron chi connectivity index (χ4n) is 2.85. The summed E-state index contributed by atoms with van der Waals surface area (Å²) in [6, 6.07) is 7.17.